The molecule has 28 heavy (non-hydrogen) atoms. The number of benzene rings is 1. The molecule has 2 atom stereocenters. The molecule has 1 fully saturated rings. The van der Waals surface area contributed by atoms with Crippen LogP contribution in [0.5, 0.6) is 0 Å². The maximum absolute atomic E-state index is 12.6. The maximum Gasteiger partial charge on any atom is 0.266 e. The zero-order valence-electron chi connectivity index (χ0n) is 16.7. The summed E-state index contributed by atoms with van der Waals surface area (Å²) in [6, 6.07) is 10.5. The Kier molecular flexibility index (Phi) is 4.69. The normalized spacial score (nSPS) is 22.2. The van der Waals surface area contributed by atoms with E-state index >= 15 is 0 Å². The monoisotopic (exact) mass is 377 g/mol. The molecule has 3 aliphatic rings. The minimum atomic E-state index is -0.157. The van der Waals surface area contributed by atoms with Gasteiger partial charge in [-0.3, -0.25) is 9.59 Å². The van der Waals surface area contributed by atoms with Gasteiger partial charge in [-0.2, -0.15) is 5.10 Å². The lowest BCUT2D eigenvalue weighted by molar-refractivity contribution is -0.00811. The fourth-order valence-corrected chi connectivity index (χ4v) is 4.66. The first-order valence-electron chi connectivity index (χ1n) is 9.98. The second-order valence-corrected chi connectivity index (χ2v) is 8.59. The SMILES string of the molecule is Cn1nc(-c2cccc(C(=O)NCCC3=CC[C@H]4C[C@@H]3C4(C)C)c2)ccc1=O. The zero-order valence-corrected chi connectivity index (χ0v) is 16.7. The van der Waals surface area contributed by atoms with Crippen molar-refractivity contribution in [1.82, 2.24) is 15.1 Å². The van der Waals surface area contributed by atoms with Gasteiger partial charge in [0.25, 0.3) is 11.5 Å². The standard InChI is InChI=1S/C23H27N3O2/c1-23(2)18-8-7-15(19(23)14-18)11-12-24-22(28)17-6-4-5-16(13-17)20-9-10-21(27)26(3)25-20/h4-7,9-10,13,18-19H,8,11-12,14H2,1-3H3,(H,24,28)/t18-,19-/m0/s1. The van der Waals surface area contributed by atoms with Crippen molar-refractivity contribution >= 4 is 5.91 Å². The second-order valence-electron chi connectivity index (χ2n) is 8.59. The number of hydrogen-bond acceptors (Lipinski definition) is 3. The van der Waals surface area contributed by atoms with Gasteiger partial charge in [-0.05, 0) is 54.7 Å². The number of hydrogen-bond donors (Lipinski definition) is 1. The molecule has 146 valence electrons. The summed E-state index contributed by atoms with van der Waals surface area (Å²) in [5.41, 5.74) is 3.87. The number of nitrogens with zero attached hydrogens (tertiary/aromatic N) is 2. The van der Waals surface area contributed by atoms with E-state index in [2.05, 4.69) is 30.3 Å². The number of fused-ring (bicyclic) bond motifs is 1. The van der Waals surface area contributed by atoms with Gasteiger partial charge in [-0.1, -0.05) is 37.6 Å². The summed E-state index contributed by atoms with van der Waals surface area (Å²) >= 11 is 0. The van der Waals surface area contributed by atoms with E-state index in [-0.39, 0.29) is 11.5 Å². The lowest BCUT2D eigenvalue weighted by Gasteiger charge is -2.56. The molecule has 5 rings (SSSR count). The summed E-state index contributed by atoms with van der Waals surface area (Å²) in [4.78, 5) is 24.1. The van der Waals surface area contributed by atoms with E-state index in [1.54, 1.807) is 19.2 Å². The summed E-state index contributed by atoms with van der Waals surface area (Å²) in [5, 5.41) is 7.31. The van der Waals surface area contributed by atoms with E-state index in [9.17, 15) is 9.59 Å². The number of carbonyl (C=O) groups excluding carboxylic acids is 1. The molecule has 2 aromatic rings. The van der Waals surface area contributed by atoms with Gasteiger partial charge in [-0.25, -0.2) is 4.68 Å². The highest BCUT2D eigenvalue weighted by Crippen LogP contribution is 2.59. The van der Waals surface area contributed by atoms with Gasteiger partial charge in [0.2, 0.25) is 0 Å². The first kappa shape index (κ1) is 18.7. The third-order valence-corrected chi connectivity index (χ3v) is 6.66. The van der Waals surface area contributed by atoms with Gasteiger partial charge in [0.05, 0.1) is 5.69 Å². The second kappa shape index (κ2) is 7.04. The van der Waals surface area contributed by atoms with Crippen molar-refractivity contribution in [3.63, 3.8) is 0 Å². The Hall–Kier alpha value is -2.69. The third kappa shape index (κ3) is 3.30. The van der Waals surface area contributed by atoms with Crippen LogP contribution in [0.4, 0.5) is 0 Å². The Bertz CT molecular complexity index is 1000. The van der Waals surface area contributed by atoms with E-state index in [1.165, 1.54) is 29.2 Å². The topological polar surface area (TPSA) is 64.0 Å². The molecule has 0 unspecified atom stereocenters. The van der Waals surface area contributed by atoms with E-state index in [1.807, 2.05) is 18.2 Å². The first-order valence-corrected chi connectivity index (χ1v) is 9.98. The molecule has 5 heteroatoms. The molecule has 0 radical (unpaired) electrons. The van der Waals surface area contributed by atoms with Gasteiger partial charge >= 0.3 is 0 Å². The smallest absolute Gasteiger partial charge is 0.266 e. The van der Waals surface area contributed by atoms with E-state index in [0.29, 0.717) is 29.1 Å². The highest BCUT2D eigenvalue weighted by atomic mass is 16.1. The Morgan fingerprint density at radius 3 is 2.82 bits per heavy atom. The van der Waals surface area contributed by atoms with Crippen LogP contribution in [0.25, 0.3) is 11.3 Å². The lowest BCUT2D eigenvalue weighted by Crippen LogP contribution is -2.48. The number of rotatable bonds is 5. The van der Waals surface area contributed by atoms with Crippen LogP contribution < -0.4 is 10.9 Å². The zero-order chi connectivity index (χ0) is 19.9. The van der Waals surface area contributed by atoms with Crippen molar-refractivity contribution in [3.8, 4) is 11.3 Å². The molecule has 0 saturated heterocycles. The molecule has 0 spiro atoms. The largest absolute Gasteiger partial charge is 0.352 e. The van der Waals surface area contributed by atoms with Crippen LogP contribution in [0.15, 0.2) is 52.8 Å². The molecule has 2 bridgehead atoms. The highest BCUT2D eigenvalue weighted by Gasteiger charge is 2.50. The number of amides is 1. The number of aromatic nitrogens is 2. The molecule has 5 nitrogen and oxygen atoms in total. The van der Waals surface area contributed by atoms with Crippen LogP contribution in [0.1, 0.15) is 43.5 Å². The minimum absolute atomic E-state index is 0.0752. The lowest BCUT2D eigenvalue weighted by atomic mass is 9.48. The van der Waals surface area contributed by atoms with Gasteiger partial charge < -0.3 is 5.32 Å². The predicted molar refractivity (Wildman–Crippen MR) is 110 cm³/mol. The molecular weight excluding hydrogens is 350 g/mol. The Morgan fingerprint density at radius 1 is 1.29 bits per heavy atom. The van der Waals surface area contributed by atoms with Crippen molar-refractivity contribution in [2.75, 3.05) is 6.54 Å². The molecule has 3 aliphatic carbocycles. The number of aryl methyl sites for hydroxylation is 1. The van der Waals surface area contributed by atoms with Crippen molar-refractivity contribution < 1.29 is 4.79 Å². The molecule has 1 N–H and O–H groups in total. The summed E-state index contributed by atoms with van der Waals surface area (Å²) in [5.74, 6) is 1.45. The number of allylic oxidation sites excluding steroid dienone is 1. The van der Waals surface area contributed by atoms with Crippen molar-refractivity contribution in [1.29, 1.82) is 0 Å². The quantitative estimate of drug-likeness (QED) is 0.811. The molecule has 0 aliphatic heterocycles. The summed E-state index contributed by atoms with van der Waals surface area (Å²) < 4.78 is 1.30. The van der Waals surface area contributed by atoms with Crippen LogP contribution in [0.3, 0.4) is 0 Å². The summed E-state index contributed by atoms with van der Waals surface area (Å²) in [6.07, 6.45) is 5.81. The highest BCUT2D eigenvalue weighted by molar-refractivity contribution is 5.95. The molecule has 1 saturated carbocycles. The fourth-order valence-electron chi connectivity index (χ4n) is 4.66. The minimum Gasteiger partial charge on any atom is -0.352 e. The van der Waals surface area contributed by atoms with Crippen LogP contribution in [0.2, 0.25) is 0 Å². The molecule has 1 heterocycles. The van der Waals surface area contributed by atoms with Crippen molar-refractivity contribution in [2.45, 2.75) is 33.1 Å². The van der Waals surface area contributed by atoms with E-state index in [0.717, 1.165) is 17.9 Å². The average molecular weight is 377 g/mol. The Morgan fingerprint density at radius 2 is 2.11 bits per heavy atom. The Labute approximate surface area is 165 Å². The average Bonchev–Trinajstić information content (AvgIpc) is 2.70. The van der Waals surface area contributed by atoms with Crippen molar-refractivity contribution in [3.05, 3.63) is 64.0 Å². The van der Waals surface area contributed by atoms with E-state index < -0.39 is 0 Å². The van der Waals surface area contributed by atoms with Gasteiger partial charge in [0.1, 0.15) is 0 Å². The number of carbonyl (C=O) groups is 1. The molecule has 1 aromatic heterocycles. The molecular formula is C23H27N3O2. The molecule has 1 amide bonds. The van der Waals surface area contributed by atoms with Crippen LogP contribution >= 0.6 is 0 Å². The van der Waals surface area contributed by atoms with Crippen LogP contribution in [0, 0.1) is 17.3 Å². The first-order chi connectivity index (χ1) is 13.4. The summed E-state index contributed by atoms with van der Waals surface area (Å²) in [6.45, 7) is 5.40. The van der Waals surface area contributed by atoms with Crippen LogP contribution in [-0.4, -0.2) is 22.2 Å². The predicted octanol–water partition coefficient (Wildman–Crippen LogP) is 3.56. The maximum atomic E-state index is 12.6. The number of nitrogens with one attached hydrogen (secondary N) is 1. The van der Waals surface area contributed by atoms with Crippen LogP contribution in [-0.2, 0) is 7.05 Å². The van der Waals surface area contributed by atoms with Gasteiger partial charge in [-0.15, -0.1) is 0 Å². The third-order valence-electron chi connectivity index (χ3n) is 6.66. The molecule has 1 aromatic carbocycles. The Balaban J connectivity index is 1.39. The van der Waals surface area contributed by atoms with E-state index in [4.69, 9.17) is 0 Å². The van der Waals surface area contributed by atoms with Gasteiger partial charge in [0.15, 0.2) is 0 Å². The van der Waals surface area contributed by atoms with Gasteiger partial charge in [0, 0.05) is 30.8 Å². The van der Waals surface area contributed by atoms with Crippen molar-refractivity contribution in [2.24, 2.45) is 24.3 Å². The summed E-state index contributed by atoms with van der Waals surface area (Å²) in [7, 11) is 1.62. The fraction of sp³-hybridized carbons (Fsp3) is 0.435.